The van der Waals surface area contributed by atoms with Gasteiger partial charge in [0, 0.05) is 6.42 Å². The van der Waals surface area contributed by atoms with Crippen molar-refractivity contribution >= 4 is 11.6 Å². The summed E-state index contributed by atoms with van der Waals surface area (Å²) in [7, 11) is 1.62. The highest BCUT2D eigenvalue weighted by Gasteiger charge is 2.27. The van der Waals surface area contributed by atoms with Crippen molar-refractivity contribution in [3.63, 3.8) is 0 Å². The normalized spacial score (nSPS) is 16.4. The summed E-state index contributed by atoms with van der Waals surface area (Å²) in [5, 5.41) is 13.6. The van der Waals surface area contributed by atoms with Gasteiger partial charge in [-0.2, -0.15) is 0 Å². The van der Waals surface area contributed by atoms with Crippen molar-refractivity contribution in [3.05, 3.63) is 53.6 Å². The fourth-order valence-electron chi connectivity index (χ4n) is 2.66. The molecule has 0 radical (unpaired) electrons. The van der Waals surface area contributed by atoms with Gasteiger partial charge in [0.05, 0.1) is 19.4 Å². The highest BCUT2D eigenvalue weighted by atomic mass is 16.6. The standard InChI is InChI=1S/C18H18N2O4/c1-23-14-5-2-11(3-6-14)15-7-4-12(8-13(15)10-21)16-9-17(18(19)22)24-20-16/h2-8,17,21H,9-10H2,1H3,(H2,19,22). The number of benzene rings is 2. The zero-order chi connectivity index (χ0) is 17.1. The molecule has 1 aliphatic heterocycles. The number of aliphatic hydroxyl groups is 1. The van der Waals surface area contributed by atoms with E-state index in [1.165, 1.54) is 0 Å². The first-order chi connectivity index (χ1) is 11.6. The van der Waals surface area contributed by atoms with E-state index in [0.29, 0.717) is 12.1 Å². The second-order valence-electron chi connectivity index (χ2n) is 5.50. The third-order valence-corrected chi connectivity index (χ3v) is 4.00. The molecule has 1 atom stereocenters. The molecule has 0 aromatic heterocycles. The average Bonchev–Trinajstić information content (AvgIpc) is 3.12. The van der Waals surface area contributed by atoms with Crippen LogP contribution in [0, 0.1) is 0 Å². The number of hydrogen-bond donors (Lipinski definition) is 2. The summed E-state index contributed by atoms with van der Waals surface area (Å²) in [6.07, 6.45) is -0.388. The molecule has 3 N–H and O–H groups in total. The fraction of sp³-hybridized carbons (Fsp3) is 0.222. The Morgan fingerprint density at radius 2 is 2.00 bits per heavy atom. The minimum Gasteiger partial charge on any atom is -0.497 e. The minimum absolute atomic E-state index is 0.109. The Bertz CT molecular complexity index is 784. The summed E-state index contributed by atoms with van der Waals surface area (Å²) in [5.41, 5.74) is 9.35. The smallest absolute Gasteiger partial charge is 0.261 e. The van der Waals surface area contributed by atoms with E-state index < -0.39 is 12.0 Å². The number of hydrogen-bond acceptors (Lipinski definition) is 5. The van der Waals surface area contributed by atoms with Gasteiger partial charge in [0.2, 0.25) is 6.10 Å². The predicted molar refractivity (Wildman–Crippen MR) is 89.6 cm³/mol. The number of amides is 1. The lowest BCUT2D eigenvalue weighted by Crippen LogP contribution is -2.28. The molecule has 2 aromatic carbocycles. The lowest BCUT2D eigenvalue weighted by atomic mass is 9.95. The molecule has 0 aliphatic carbocycles. The Hall–Kier alpha value is -2.86. The predicted octanol–water partition coefficient (Wildman–Crippen LogP) is 1.83. The number of nitrogens with zero attached hydrogens (tertiary/aromatic N) is 1. The summed E-state index contributed by atoms with van der Waals surface area (Å²) in [5.74, 6) is 0.238. The zero-order valence-corrected chi connectivity index (χ0v) is 13.2. The van der Waals surface area contributed by atoms with Crippen LogP contribution < -0.4 is 10.5 Å². The van der Waals surface area contributed by atoms with Gasteiger partial charge < -0.3 is 20.4 Å². The van der Waals surface area contributed by atoms with Gasteiger partial charge in [-0.1, -0.05) is 29.4 Å². The molecule has 3 rings (SSSR count). The SMILES string of the molecule is COc1ccc(-c2ccc(C3=NOC(C(N)=O)C3)cc2CO)cc1. The maximum atomic E-state index is 11.2. The maximum absolute atomic E-state index is 11.2. The topological polar surface area (TPSA) is 94.1 Å². The Balaban J connectivity index is 1.89. The summed E-state index contributed by atoms with van der Waals surface area (Å²) in [6.45, 7) is -0.109. The summed E-state index contributed by atoms with van der Waals surface area (Å²) < 4.78 is 5.16. The second kappa shape index (κ2) is 6.72. The first-order valence-electron chi connectivity index (χ1n) is 7.53. The van der Waals surface area contributed by atoms with Crippen LogP contribution in [0.3, 0.4) is 0 Å². The molecular formula is C18H18N2O4. The highest BCUT2D eigenvalue weighted by Crippen LogP contribution is 2.28. The quantitative estimate of drug-likeness (QED) is 0.876. The largest absolute Gasteiger partial charge is 0.497 e. The van der Waals surface area contributed by atoms with Gasteiger partial charge in [-0.05, 0) is 40.5 Å². The number of ether oxygens (including phenoxy) is 1. The summed E-state index contributed by atoms with van der Waals surface area (Å²) in [6, 6.07) is 13.3. The molecule has 1 amide bonds. The van der Waals surface area contributed by atoms with Crippen LogP contribution >= 0.6 is 0 Å². The van der Waals surface area contributed by atoms with E-state index in [0.717, 1.165) is 28.0 Å². The maximum Gasteiger partial charge on any atom is 0.261 e. The second-order valence-corrected chi connectivity index (χ2v) is 5.50. The van der Waals surface area contributed by atoms with Gasteiger partial charge in [0.15, 0.2) is 0 Å². The van der Waals surface area contributed by atoms with E-state index in [4.69, 9.17) is 15.3 Å². The van der Waals surface area contributed by atoms with Crippen LogP contribution in [0.25, 0.3) is 11.1 Å². The summed E-state index contributed by atoms with van der Waals surface area (Å²) in [4.78, 5) is 16.2. The highest BCUT2D eigenvalue weighted by molar-refractivity contribution is 6.04. The Morgan fingerprint density at radius 3 is 2.58 bits per heavy atom. The van der Waals surface area contributed by atoms with E-state index >= 15 is 0 Å². The van der Waals surface area contributed by atoms with Crippen LogP contribution in [0.2, 0.25) is 0 Å². The Morgan fingerprint density at radius 1 is 1.29 bits per heavy atom. The molecule has 0 bridgehead atoms. The number of methoxy groups -OCH3 is 1. The third-order valence-electron chi connectivity index (χ3n) is 4.00. The lowest BCUT2D eigenvalue weighted by molar-refractivity contribution is -0.127. The number of aliphatic hydroxyl groups excluding tert-OH is 1. The monoisotopic (exact) mass is 326 g/mol. The first kappa shape index (κ1) is 16.0. The van der Waals surface area contributed by atoms with Gasteiger partial charge >= 0.3 is 0 Å². The van der Waals surface area contributed by atoms with Crippen molar-refractivity contribution < 1.29 is 19.5 Å². The van der Waals surface area contributed by atoms with E-state index in [2.05, 4.69) is 5.16 Å². The molecule has 2 aromatic rings. The van der Waals surface area contributed by atoms with Gasteiger partial charge in [-0.25, -0.2) is 0 Å². The van der Waals surface area contributed by atoms with Gasteiger partial charge in [-0.15, -0.1) is 0 Å². The van der Waals surface area contributed by atoms with Crippen LogP contribution in [0.1, 0.15) is 17.5 Å². The molecule has 24 heavy (non-hydrogen) atoms. The number of carbonyl (C=O) groups is 1. The minimum atomic E-state index is -0.723. The number of carbonyl (C=O) groups excluding carboxylic acids is 1. The average molecular weight is 326 g/mol. The van der Waals surface area contributed by atoms with Crippen molar-refractivity contribution in [2.75, 3.05) is 7.11 Å². The van der Waals surface area contributed by atoms with E-state index in [-0.39, 0.29) is 6.61 Å². The molecule has 1 aliphatic rings. The van der Waals surface area contributed by atoms with Gasteiger partial charge in [-0.3, -0.25) is 4.79 Å². The molecule has 124 valence electrons. The molecule has 0 fully saturated rings. The first-order valence-corrected chi connectivity index (χ1v) is 7.53. The van der Waals surface area contributed by atoms with Crippen LogP contribution in [-0.2, 0) is 16.2 Å². The van der Waals surface area contributed by atoms with Crippen molar-refractivity contribution in [3.8, 4) is 16.9 Å². The van der Waals surface area contributed by atoms with Gasteiger partial charge in [0.25, 0.3) is 5.91 Å². The molecule has 1 heterocycles. The van der Waals surface area contributed by atoms with Crippen molar-refractivity contribution in [1.82, 2.24) is 0 Å². The molecular weight excluding hydrogens is 308 g/mol. The number of oxime groups is 1. The van der Waals surface area contributed by atoms with Crippen LogP contribution in [0.4, 0.5) is 0 Å². The molecule has 6 heteroatoms. The fourth-order valence-corrected chi connectivity index (χ4v) is 2.66. The van der Waals surface area contributed by atoms with E-state index in [9.17, 15) is 9.90 Å². The van der Waals surface area contributed by atoms with Crippen molar-refractivity contribution in [2.45, 2.75) is 19.1 Å². The van der Waals surface area contributed by atoms with E-state index in [1.807, 2.05) is 42.5 Å². The number of rotatable bonds is 5. The number of primary amides is 1. The Labute approximate surface area is 139 Å². The lowest BCUT2D eigenvalue weighted by Gasteiger charge is -2.11. The van der Waals surface area contributed by atoms with Crippen LogP contribution in [0.15, 0.2) is 47.6 Å². The third kappa shape index (κ3) is 3.09. The van der Waals surface area contributed by atoms with Crippen molar-refractivity contribution in [2.24, 2.45) is 10.9 Å². The molecule has 0 saturated heterocycles. The van der Waals surface area contributed by atoms with E-state index in [1.54, 1.807) is 7.11 Å². The molecule has 0 spiro atoms. The van der Waals surface area contributed by atoms with Crippen LogP contribution in [0.5, 0.6) is 5.75 Å². The molecule has 6 nitrogen and oxygen atoms in total. The number of nitrogens with two attached hydrogens (primary N) is 1. The molecule has 0 saturated carbocycles. The van der Waals surface area contributed by atoms with Crippen molar-refractivity contribution in [1.29, 1.82) is 0 Å². The van der Waals surface area contributed by atoms with Crippen LogP contribution in [-0.4, -0.2) is 29.9 Å². The molecule has 1 unspecified atom stereocenters. The van der Waals surface area contributed by atoms with Gasteiger partial charge in [0.1, 0.15) is 5.75 Å². The zero-order valence-electron chi connectivity index (χ0n) is 13.2. The summed E-state index contributed by atoms with van der Waals surface area (Å²) >= 11 is 0. The Kier molecular flexibility index (Phi) is 4.48.